The molecule has 2 nitrogen and oxygen atoms in total. The van der Waals surface area contributed by atoms with Gasteiger partial charge in [0.25, 0.3) is 0 Å². The maximum absolute atomic E-state index is 12.8. The van der Waals surface area contributed by atoms with Gasteiger partial charge in [-0.3, -0.25) is 4.90 Å². The van der Waals surface area contributed by atoms with Crippen LogP contribution < -0.4 is 4.74 Å². The zero-order valence-corrected chi connectivity index (χ0v) is 13.3. The summed E-state index contributed by atoms with van der Waals surface area (Å²) in [6.45, 7) is 9.26. The minimum absolute atomic E-state index is 0.00602. The number of halogens is 3. The maximum atomic E-state index is 12.8. The van der Waals surface area contributed by atoms with Crippen LogP contribution in [0.1, 0.15) is 44.7 Å². The molecule has 0 aliphatic carbocycles. The van der Waals surface area contributed by atoms with Crippen molar-refractivity contribution in [1.29, 1.82) is 0 Å². The van der Waals surface area contributed by atoms with E-state index < -0.39 is 11.7 Å². The summed E-state index contributed by atoms with van der Waals surface area (Å²) >= 11 is 0. The molecule has 0 aromatic heterocycles. The monoisotopic (exact) mass is 303 g/mol. The minimum atomic E-state index is -4.33. The molecule has 1 aliphatic heterocycles. The largest absolute Gasteiger partial charge is 0.488 e. The van der Waals surface area contributed by atoms with E-state index in [9.17, 15) is 13.2 Å². The maximum Gasteiger partial charge on any atom is 0.416 e. The van der Waals surface area contributed by atoms with Gasteiger partial charge in [0.2, 0.25) is 0 Å². The first-order valence-corrected chi connectivity index (χ1v) is 7.33. The highest BCUT2D eigenvalue weighted by Crippen LogP contribution is 2.35. The molecule has 0 bridgehead atoms. The van der Waals surface area contributed by atoms with Crippen molar-refractivity contribution in [2.75, 3.05) is 20.1 Å². The van der Waals surface area contributed by atoms with E-state index in [0.29, 0.717) is 11.3 Å². The summed E-state index contributed by atoms with van der Waals surface area (Å²) in [6, 6.07) is 3.99. The average Bonchev–Trinajstić information content (AvgIpc) is 2.38. The fourth-order valence-corrected chi connectivity index (χ4v) is 2.10. The van der Waals surface area contributed by atoms with Crippen molar-refractivity contribution in [3.8, 4) is 5.75 Å². The van der Waals surface area contributed by atoms with Gasteiger partial charge in [-0.2, -0.15) is 13.2 Å². The molecule has 0 N–H and O–H groups in total. The van der Waals surface area contributed by atoms with Crippen molar-refractivity contribution >= 4 is 0 Å². The van der Waals surface area contributed by atoms with E-state index in [1.54, 1.807) is 6.07 Å². The van der Waals surface area contributed by atoms with E-state index >= 15 is 0 Å². The van der Waals surface area contributed by atoms with Crippen LogP contribution in [0.4, 0.5) is 13.2 Å². The number of alkyl halides is 3. The first kappa shape index (κ1) is 17.8. The molecule has 1 aliphatic rings. The summed E-state index contributed by atoms with van der Waals surface area (Å²) in [5, 5.41) is 0. The second-order valence-corrected chi connectivity index (χ2v) is 5.40. The Kier molecular flexibility index (Phi) is 6.08. The van der Waals surface area contributed by atoms with Gasteiger partial charge in [0.1, 0.15) is 11.9 Å². The van der Waals surface area contributed by atoms with Gasteiger partial charge in [0, 0.05) is 13.1 Å². The van der Waals surface area contributed by atoms with Crippen molar-refractivity contribution in [2.24, 2.45) is 0 Å². The quantitative estimate of drug-likeness (QED) is 0.812. The molecule has 0 unspecified atom stereocenters. The topological polar surface area (TPSA) is 12.5 Å². The third-order valence-corrected chi connectivity index (χ3v) is 3.26. The highest BCUT2D eigenvalue weighted by molar-refractivity contribution is 5.37. The molecule has 1 aromatic carbocycles. The molecule has 1 heterocycles. The second kappa shape index (κ2) is 7.16. The SMILES string of the molecule is CC.CC(C)c1cc(OC2CN(C)C2)cc(C(F)(F)F)c1. The Labute approximate surface area is 124 Å². The summed E-state index contributed by atoms with van der Waals surface area (Å²) < 4.78 is 44.1. The normalized spacial score (nSPS) is 16.2. The van der Waals surface area contributed by atoms with Crippen LogP contribution in [0.2, 0.25) is 0 Å². The molecule has 21 heavy (non-hydrogen) atoms. The minimum Gasteiger partial charge on any atom is -0.488 e. The Hall–Kier alpha value is -1.23. The van der Waals surface area contributed by atoms with Gasteiger partial charge in [-0.25, -0.2) is 0 Å². The highest BCUT2D eigenvalue weighted by Gasteiger charge is 2.32. The van der Waals surface area contributed by atoms with E-state index in [2.05, 4.69) is 4.90 Å². The molecule has 120 valence electrons. The van der Waals surface area contributed by atoms with Gasteiger partial charge in [-0.1, -0.05) is 27.7 Å². The number of rotatable bonds is 3. The second-order valence-electron chi connectivity index (χ2n) is 5.40. The van der Waals surface area contributed by atoms with Crippen LogP contribution >= 0.6 is 0 Å². The summed E-state index contributed by atoms with van der Waals surface area (Å²) in [4.78, 5) is 2.06. The highest BCUT2D eigenvalue weighted by atomic mass is 19.4. The third-order valence-electron chi connectivity index (χ3n) is 3.26. The van der Waals surface area contributed by atoms with Crippen molar-refractivity contribution < 1.29 is 17.9 Å². The van der Waals surface area contributed by atoms with Gasteiger partial charge in [-0.15, -0.1) is 0 Å². The van der Waals surface area contributed by atoms with Crippen LogP contribution in [-0.2, 0) is 6.18 Å². The molecular formula is C16H24F3NO. The van der Waals surface area contributed by atoms with E-state index in [4.69, 9.17) is 4.74 Å². The Bertz CT molecular complexity index is 451. The fourth-order valence-electron chi connectivity index (χ4n) is 2.10. The predicted octanol–water partition coefficient (Wildman–Crippen LogP) is 4.55. The molecule has 0 radical (unpaired) electrons. The fraction of sp³-hybridized carbons (Fsp3) is 0.625. The lowest BCUT2D eigenvalue weighted by Gasteiger charge is -2.36. The molecule has 0 spiro atoms. The zero-order chi connectivity index (χ0) is 16.2. The standard InChI is InChI=1S/C14H18F3NO.C2H6/c1-9(2)10-4-11(14(15,16)17)6-12(5-10)19-13-7-18(3)8-13;1-2/h4-6,9,13H,7-8H2,1-3H3;1-2H3. The lowest BCUT2D eigenvalue weighted by Crippen LogP contribution is -2.51. The van der Waals surface area contributed by atoms with Gasteiger partial charge < -0.3 is 4.74 Å². The van der Waals surface area contributed by atoms with Crippen LogP contribution in [0.3, 0.4) is 0 Å². The van der Waals surface area contributed by atoms with Crippen molar-refractivity contribution in [3.05, 3.63) is 29.3 Å². The van der Waals surface area contributed by atoms with Gasteiger partial charge >= 0.3 is 6.18 Å². The molecule has 1 aromatic rings. The number of benzene rings is 1. The van der Waals surface area contributed by atoms with Crippen molar-refractivity contribution in [2.45, 2.75) is 45.9 Å². The molecule has 5 heteroatoms. The van der Waals surface area contributed by atoms with Crippen molar-refractivity contribution in [1.82, 2.24) is 4.90 Å². The predicted molar refractivity (Wildman–Crippen MR) is 78.8 cm³/mol. The third kappa shape index (κ3) is 4.92. The summed E-state index contributed by atoms with van der Waals surface area (Å²) in [6.07, 6.45) is -4.34. The van der Waals surface area contributed by atoms with Crippen LogP contribution in [0.5, 0.6) is 5.75 Å². The van der Waals surface area contributed by atoms with E-state index in [-0.39, 0.29) is 12.0 Å². The van der Waals surface area contributed by atoms with Crippen molar-refractivity contribution in [3.63, 3.8) is 0 Å². The Morgan fingerprint density at radius 1 is 1.14 bits per heavy atom. The molecule has 0 atom stereocenters. The van der Waals surface area contributed by atoms with E-state index in [1.165, 1.54) is 6.07 Å². The number of hydrogen-bond acceptors (Lipinski definition) is 2. The molecule has 2 rings (SSSR count). The molecule has 1 saturated heterocycles. The Balaban J connectivity index is 0.00000106. The summed E-state index contributed by atoms with van der Waals surface area (Å²) in [5.41, 5.74) is 0.0129. The van der Waals surface area contributed by atoms with Crippen LogP contribution in [0.25, 0.3) is 0 Å². The van der Waals surface area contributed by atoms with Gasteiger partial charge in [0.15, 0.2) is 0 Å². The van der Waals surface area contributed by atoms with E-state index in [1.807, 2.05) is 34.7 Å². The Morgan fingerprint density at radius 2 is 1.71 bits per heavy atom. The van der Waals surface area contributed by atoms with Crippen LogP contribution in [0.15, 0.2) is 18.2 Å². The first-order valence-electron chi connectivity index (χ1n) is 7.33. The summed E-state index contributed by atoms with van der Waals surface area (Å²) in [5.74, 6) is 0.352. The molecule has 0 saturated carbocycles. The van der Waals surface area contributed by atoms with E-state index in [0.717, 1.165) is 19.2 Å². The lowest BCUT2D eigenvalue weighted by molar-refractivity contribution is -0.137. The number of likely N-dealkylation sites (N-methyl/N-ethyl adjacent to an activating group) is 1. The van der Waals surface area contributed by atoms with Crippen LogP contribution in [-0.4, -0.2) is 31.1 Å². The van der Waals surface area contributed by atoms with Gasteiger partial charge in [-0.05, 0) is 36.7 Å². The number of ether oxygens (including phenoxy) is 1. The van der Waals surface area contributed by atoms with Crippen LogP contribution in [0, 0.1) is 0 Å². The smallest absolute Gasteiger partial charge is 0.416 e. The number of likely N-dealkylation sites (tertiary alicyclic amines) is 1. The molecular weight excluding hydrogens is 279 g/mol. The zero-order valence-electron chi connectivity index (χ0n) is 13.3. The first-order chi connectivity index (χ1) is 9.75. The Morgan fingerprint density at radius 3 is 2.14 bits per heavy atom. The number of nitrogens with zero attached hydrogens (tertiary/aromatic N) is 1. The van der Waals surface area contributed by atoms with Gasteiger partial charge in [0.05, 0.1) is 5.56 Å². The lowest BCUT2D eigenvalue weighted by atomic mass is 10.00. The molecule has 1 fully saturated rings. The summed E-state index contributed by atoms with van der Waals surface area (Å²) in [7, 11) is 1.95. The average molecular weight is 303 g/mol. The molecule has 0 amide bonds. The number of hydrogen-bond donors (Lipinski definition) is 0.